The van der Waals surface area contributed by atoms with Crippen LogP contribution >= 0.6 is 0 Å². The Morgan fingerprint density at radius 1 is 1.32 bits per heavy atom. The number of hydrogen-bond donors (Lipinski definition) is 3. The molecule has 0 aliphatic rings. The van der Waals surface area contributed by atoms with Crippen molar-refractivity contribution < 1.29 is 15.1 Å². The molecule has 0 saturated carbocycles. The lowest BCUT2D eigenvalue weighted by molar-refractivity contribution is -0.384. The van der Waals surface area contributed by atoms with Crippen LogP contribution in [-0.2, 0) is 0 Å². The molecule has 0 unspecified atom stereocenters. The molecule has 19 heavy (non-hydrogen) atoms. The number of nitrogens with zero attached hydrogens (tertiary/aromatic N) is 2. The Hall–Kier alpha value is -2.25. The van der Waals surface area contributed by atoms with Gasteiger partial charge < -0.3 is 15.5 Å². The Labute approximate surface area is 108 Å². The molecule has 1 aromatic heterocycles. The molecule has 7 heteroatoms. The molecule has 0 aliphatic heterocycles. The molecule has 2 rings (SSSR count). The summed E-state index contributed by atoms with van der Waals surface area (Å²) in [6.07, 6.45) is 1.16. The van der Waals surface area contributed by atoms with E-state index >= 15 is 0 Å². The second-order valence-electron chi connectivity index (χ2n) is 4.00. The topological polar surface area (TPSA) is 109 Å². The molecule has 1 heterocycles. The van der Waals surface area contributed by atoms with E-state index in [4.69, 9.17) is 10.2 Å². The third-order valence-corrected chi connectivity index (χ3v) is 2.74. The number of rotatable bonds is 5. The highest BCUT2D eigenvalue weighted by Crippen LogP contribution is 2.31. The van der Waals surface area contributed by atoms with Crippen LogP contribution in [0, 0.1) is 10.1 Å². The first-order chi connectivity index (χ1) is 9.17. The average molecular weight is 263 g/mol. The standard InChI is InChI=1S/C12H13N3O4/c16-6-8(7-17)14-12-9-3-1-2-4-10(9)13-5-11(12)15(18)19/h1-5,8,16-17H,6-7H2,(H,13,14). The van der Waals surface area contributed by atoms with Crippen LogP contribution in [0.25, 0.3) is 10.9 Å². The van der Waals surface area contributed by atoms with Crippen molar-refractivity contribution in [2.75, 3.05) is 18.5 Å². The summed E-state index contributed by atoms with van der Waals surface area (Å²) in [5.41, 5.74) is 0.666. The van der Waals surface area contributed by atoms with Gasteiger partial charge in [-0.25, -0.2) is 4.98 Å². The average Bonchev–Trinajstić information content (AvgIpc) is 2.44. The van der Waals surface area contributed by atoms with E-state index in [9.17, 15) is 10.1 Å². The summed E-state index contributed by atoms with van der Waals surface area (Å²) in [6.45, 7) is -0.658. The van der Waals surface area contributed by atoms with E-state index in [1.54, 1.807) is 24.3 Å². The van der Waals surface area contributed by atoms with Crippen molar-refractivity contribution in [1.29, 1.82) is 0 Å². The maximum Gasteiger partial charge on any atom is 0.311 e. The third-order valence-electron chi connectivity index (χ3n) is 2.74. The summed E-state index contributed by atoms with van der Waals surface area (Å²) in [5, 5.41) is 32.5. The van der Waals surface area contributed by atoms with Gasteiger partial charge in [-0.15, -0.1) is 0 Å². The van der Waals surface area contributed by atoms with E-state index in [1.807, 2.05) is 0 Å². The number of fused-ring (bicyclic) bond motifs is 1. The Balaban J connectivity index is 2.58. The number of para-hydroxylation sites is 1. The monoisotopic (exact) mass is 263 g/mol. The van der Waals surface area contributed by atoms with Crippen molar-refractivity contribution in [2.24, 2.45) is 0 Å². The van der Waals surface area contributed by atoms with Crippen LogP contribution in [0.15, 0.2) is 30.5 Å². The normalized spacial score (nSPS) is 10.9. The Morgan fingerprint density at radius 3 is 2.63 bits per heavy atom. The van der Waals surface area contributed by atoms with Crippen molar-refractivity contribution >= 4 is 22.3 Å². The Kier molecular flexibility index (Phi) is 3.88. The molecule has 0 atom stereocenters. The molecular formula is C12H13N3O4. The van der Waals surface area contributed by atoms with E-state index in [2.05, 4.69) is 10.3 Å². The summed E-state index contributed by atoms with van der Waals surface area (Å²) < 4.78 is 0. The highest BCUT2D eigenvalue weighted by molar-refractivity contribution is 5.95. The van der Waals surface area contributed by atoms with Crippen molar-refractivity contribution in [3.63, 3.8) is 0 Å². The quantitative estimate of drug-likeness (QED) is 0.546. The van der Waals surface area contributed by atoms with E-state index in [1.165, 1.54) is 0 Å². The lowest BCUT2D eigenvalue weighted by atomic mass is 10.1. The SMILES string of the molecule is O=[N+]([O-])c1cnc2ccccc2c1NC(CO)CO. The van der Waals surface area contributed by atoms with Gasteiger partial charge in [0.25, 0.3) is 0 Å². The van der Waals surface area contributed by atoms with Crippen LogP contribution in [0.3, 0.4) is 0 Å². The number of benzene rings is 1. The minimum Gasteiger partial charge on any atom is -0.394 e. The summed E-state index contributed by atoms with van der Waals surface area (Å²) in [4.78, 5) is 14.5. The summed E-state index contributed by atoms with van der Waals surface area (Å²) in [5.74, 6) is 0. The molecule has 0 fully saturated rings. The number of anilines is 1. The molecule has 0 spiro atoms. The van der Waals surface area contributed by atoms with Gasteiger partial charge in [-0.2, -0.15) is 0 Å². The number of pyridine rings is 1. The predicted octanol–water partition coefficient (Wildman–Crippen LogP) is 0.908. The molecule has 0 radical (unpaired) electrons. The fourth-order valence-corrected chi connectivity index (χ4v) is 1.77. The lowest BCUT2D eigenvalue weighted by Crippen LogP contribution is -2.28. The largest absolute Gasteiger partial charge is 0.394 e. The van der Waals surface area contributed by atoms with Crippen LogP contribution < -0.4 is 5.32 Å². The molecule has 0 aliphatic carbocycles. The minimum atomic E-state index is -0.662. The van der Waals surface area contributed by atoms with E-state index in [0.29, 0.717) is 10.9 Å². The Bertz CT molecular complexity index is 599. The first-order valence-corrected chi connectivity index (χ1v) is 5.67. The number of nitro groups is 1. The number of aromatic nitrogens is 1. The summed E-state index contributed by atoms with van der Waals surface area (Å²) >= 11 is 0. The fraction of sp³-hybridized carbons (Fsp3) is 0.250. The van der Waals surface area contributed by atoms with Gasteiger partial charge in [0.05, 0.1) is 29.7 Å². The number of hydrogen-bond acceptors (Lipinski definition) is 6. The van der Waals surface area contributed by atoms with Crippen LogP contribution in [0.2, 0.25) is 0 Å². The van der Waals surface area contributed by atoms with Gasteiger partial charge in [-0.05, 0) is 6.07 Å². The van der Waals surface area contributed by atoms with Crippen LogP contribution in [0.5, 0.6) is 0 Å². The molecule has 7 nitrogen and oxygen atoms in total. The van der Waals surface area contributed by atoms with Crippen molar-refractivity contribution in [3.8, 4) is 0 Å². The summed E-state index contributed by atoms with van der Waals surface area (Å²) in [6, 6.07) is 6.29. The molecule has 100 valence electrons. The highest BCUT2D eigenvalue weighted by atomic mass is 16.6. The van der Waals surface area contributed by atoms with E-state index in [-0.39, 0.29) is 24.6 Å². The van der Waals surface area contributed by atoms with Gasteiger partial charge in [0.2, 0.25) is 0 Å². The molecule has 1 aromatic carbocycles. The second kappa shape index (κ2) is 5.59. The Morgan fingerprint density at radius 2 is 2.00 bits per heavy atom. The van der Waals surface area contributed by atoms with Gasteiger partial charge in [0.15, 0.2) is 0 Å². The smallest absolute Gasteiger partial charge is 0.311 e. The molecule has 3 N–H and O–H groups in total. The number of aliphatic hydroxyl groups excluding tert-OH is 2. The minimum absolute atomic E-state index is 0.189. The number of nitrogens with one attached hydrogen (secondary N) is 1. The zero-order valence-corrected chi connectivity index (χ0v) is 9.98. The molecule has 2 aromatic rings. The van der Waals surface area contributed by atoms with Gasteiger partial charge in [0, 0.05) is 5.39 Å². The van der Waals surface area contributed by atoms with Gasteiger partial charge >= 0.3 is 5.69 Å². The summed E-state index contributed by atoms with van der Waals surface area (Å²) in [7, 11) is 0. The molecule has 0 bridgehead atoms. The van der Waals surface area contributed by atoms with Crippen molar-refractivity contribution in [2.45, 2.75) is 6.04 Å². The highest BCUT2D eigenvalue weighted by Gasteiger charge is 2.20. The maximum atomic E-state index is 11.0. The van der Waals surface area contributed by atoms with Crippen molar-refractivity contribution in [1.82, 2.24) is 4.98 Å². The first-order valence-electron chi connectivity index (χ1n) is 5.67. The maximum absolute atomic E-state index is 11.0. The van der Waals surface area contributed by atoms with Crippen LogP contribution in [-0.4, -0.2) is 39.4 Å². The zero-order valence-electron chi connectivity index (χ0n) is 9.98. The molecule has 0 saturated heterocycles. The fourth-order valence-electron chi connectivity index (χ4n) is 1.77. The van der Waals surface area contributed by atoms with Gasteiger partial charge in [-0.1, -0.05) is 18.2 Å². The zero-order chi connectivity index (χ0) is 13.8. The van der Waals surface area contributed by atoms with E-state index in [0.717, 1.165) is 6.20 Å². The van der Waals surface area contributed by atoms with Gasteiger partial charge in [0.1, 0.15) is 11.9 Å². The first kappa shape index (κ1) is 13.2. The van der Waals surface area contributed by atoms with Gasteiger partial charge in [-0.3, -0.25) is 10.1 Å². The second-order valence-corrected chi connectivity index (χ2v) is 4.00. The van der Waals surface area contributed by atoms with Crippen LogP contribution in [0.4, 0.5) is 11.4 Å². The third kappa shape index (κ3) is 2.61. The molecule has 0 amide bonds. The molecular weight excluding hydrogens is 250 g/mol. The van der Waals surface area contributed by atoms with Crippen LogP contribution in [0.1, 0.15) is 0 Å². The van der Waals surface area contributed by atoms with Crippen molar-refractivity contribution in [3.05, 3.63) is 40.6 Å². The number of aliphatic hydroxyl groups is 2. The lowest BCUT2D eigenvalue weighted by Gasteiger charge is -2.16. The predicted molar refractivity (Wildman–Crippen MR) is 70.0 cm³/mol. The van der Waals surface area contributed by atoms with E-state index < -0.39 is 11.0 Å².